The molecule has 0 radical (unpaired) electrons. The molecule has 0 aliphatic rings. The van der Waals surface area contributed by atoms with Crippen LogP contribution < -0.4 is 10.1 Å². The summed E-state index contributed by atoms with van der Waals surface area (Å²) in [6, 6.07) is 20.6. The Morgan fingerprint density at radius 1 is 1.03 bits per heavy atom. The minimum absolute atomic E-state index is 0.143. The fourth-order valence-electron chi connectivity index (χ4n) is 2.94. The molecule has 0 aliphatic carbocycles. The minimum atomic E-state index is -0.143. The first-order chi connectivity index (χ1) is 14.8. The maximum absolute atomic E-state index is 12.2. The highest BCUT2D eigenvalue weighted by Crippen LogP contribution is 2.27. The average Bonchev–Trinajstić information content (AvgIpc) is 3.48. The SMILES string of the molecule is O=C(Nc1ccc(Oc2cc(-c3ccccc3)nc3ncnn23)cc1)c1ccsc1. The van der Waals surface area contributed by atoms with Crippen LogP contribution in [-0.2, 0) is 0 Å². The number of hydrogen-bond acceptors (Lipinski definition) is 6. The van der Waals surface area contributed by atoms with Gasteiger partial charge in [0, 0.05) is 22.7 Å². The van der Waals surface area contributed by atoms with E-state index in [-0.39, 0.29) is 5.91 Å². The Hall–Kier alpha value is -4.04. The van der Waals surface area contributed by atoms with Crippen LogP contribution in [0.4, 0.5) is 5.69 Å². The molecule has 0 aliphatic heterocycles. The van der Waals surface area contributed by atoms with Gasteiger partial charge >= 0.3 is 0 Å². The Labute approximate surface area is 175 Å². The molecule has 0 unspecified atom stereocenters. The molecule has 0 saturated carbocycles. The lowest BCUT2D eigenvalue weighted by molar-refractivity contribution is 0.102. The average molecular weight is 413 g/mol. The second-order valence-electron chi connectivity index (χ2n) is 6.41. The molecule has 3 heterocycles. The van der Waals surface area contributed by atoms with Gasteiger partial charge in [0.05, 0.1) is 11.3 Å². The number of nitrogens with one attached hydrogen (secondary N) is 1. The van der Waals surface area contributed by atoms with Crippen LogP contribution in [0.3, 0.4) is 0 Å². The van der Waals surface area contributed by atoms with Gasteiger partial charge < -0.3 is 10.1 Å². The van der Waals surface area contributed by atoms with Gasteiger partial charge in [-0.15, -0.1) is 0 Å². The van der Waals surface area contributed by atoms with Crippen LogP contribution in [0.2, 0.25) is 0 Å². The topological polar surface area (TPSA) is 81.4 Å². The predicted molar refractivity (Wildman–Crippen MR) is 115 cm³/mol. The van der Waals surface area contributed by atoms with Crippen molar-refractivity contribution in [2.75, 3.05) is 5.32 Å². The zero-order valence-electron chi connectivity index (χ0n) is 15.6. The zero-order chi connectivity index (χ0) is 20.3. The fraction of sp³-hybridized carbons (Fsp3) is 0. The lowest BCUT2D eigenvalue weighted by atomic mass is 10.1. The number of thiophene rings is 1. The number of nitrogens with zero attached hydrogens (tertiary/aromatic N) is 4. The summed E-state index contributed by atoms with van der Waals surface area (Å²) in [6.45, 7) is 0. The third-order valence-corrected chi connectivity index (χ3v) is 5.09. The van der Waals surface area contributed by atoms with E-state index in [0.29, 0.717) is 28.7 Å². The zero-order valence-corrected chi connectivity index (χ0v) is 16.4. The van der Waals surface area contributed by atoms with Crippen molar-refractivity contribution >= 4 is 28.7 Å². The van der Waals surface area contributed by atoms with Gasteiger partial charge in [0.25, 0.3) is 11.7 Å². The van der Waals surface area contributed by atoms with Gasteiger partial charge in [0.1, 0.15) is 12.1 Å². The number of carbonyl (C=O) groups is 1. The van der Waals surface area contributed by atoms with E-state index in [4.69, 9.17) is 4.74 Å². The number of benzene rings is 2. The summed E-state index contributed by atoms with van der Waals surface area (Å²) in [6.07, 6.45) is 1.44. The molecule has 5 rings (SSSR count). The molecule has 1 N–H and O–H groups in total. The molecular weight excluding hydrogens is 398 g/mol. The first kappa shape index (κ1) is 18.0. The van der Waals surface area contributed by atoms with E-state index in [2.05, 4.69) is 20.4 Å². The number of anilines is 1. The Balaban J connectivity index is 1.40. The Kier molecular flexibility index (Phi) is 4.66. The molecule has 7 nitrogen and oxygen atoms in total. The van der Waals surface area contributed by atoms with Crippen LogP contribution in [0.1, 0.15) is 10.4 Å². The summed E-state index contributed by atoms with van der Waals surface area (Å²) < 4.78 is 7.59. The van der Waals surface area contributed by atoms with Crippen molar-refractivity contribution in [3.63, 3.8) is 0 Å². The van der Waals surface area contributed by atoms with Crippen LogP contribution >= 0.6 is 11.3 Å². The Bertz CT molecular complexity index is 1300. The van der Waals surface area contributed by atoms with Crippen LogP contribution in [0, 0.1) is 0 Å². The Morgan fingerprint density at radius 3 is 2.63 bits per heavy atom. The third kappa shape index (κ3) is 3.63. The van der Waals surface area contributed by atoms with E-state index in [1.807, 2.05) is 47.2 Å². The highest BCUT2D eigenvalue weighted by Gasteiger charge is 2.12. The van der Waals surface area contributed by atoms with Crippen molar-refractivity contribution < 1.29 is 9.53 Å². The highest BCUT2D eigenvalue weighted by atomic mass is 32.1. The molecule has 30 heavy (non-hydrogen) atoms. The summed E-state index contributed by atoms with van der Waals surface area (Å²) in [4.78, 5) is 20.9. The van der Waals surface area contributed by atoms with E-state index >= 15 is 0 Å². The van der Waals surface area contributed by atoms with Crippen LogP contribution in [0.25, 0.3) is 17.0 Å². The van der Waals surface area contributed by atoms with Crippen molar-refractivity contribution in [1.82, 2.24) is 19.6 Å². The van der Waals surface area contributed by atoms with Gasteiger partial charge in [-0.05, 0) is 35.7 Å². The Morgan fingerprint density at radius 2 is 1.87 bits per heavy atom. The highest BCUT2D eigenvalue weighted by molar-refractivity contribution is 7.08. The van der Waals surface area contributed by atoms with Crippen molar-refractivity contribution in [1.29, 1.82) is 0 Å². The van der Waals surface area contributed by atoms with Crippen molar-refractivity contribution in [3.8, 4) is 22.9 Å². The molecule has 5 aromatic rings. The molecule has 146 valence electrons. The molecule has 0 spiro atoms. The van der Waals surface area contributed by atoms with Gasteiger partial charge in [0.2, 0.25) is 5.88 Å². The molecule has 8 heteroatoms. The summed E-state index contributed by atoms with van der Waals surface area (Å²) in [7, 11) is 0. The van der Waals surface area contributed by atoms with Gasteiger partial charge in [-0.3, -0.25) is 4.79 Å². The van der Waals surface area contributed by atoms with Crippen molar-refractivity contribution in [2.45, 2.75) is 0 Å². The normalized spacial score (nSPS) is 10.8. The number of carbonyl (C=O) groups excluding carboxylic acids is 1. The van der Waals surface area contributed by atoms with Crippen molar-refractivity contribution in [3.05, 3.63) is 89.4 Å². The summed E-state index contributed by atoms with van der Waals surface area (Å²) in [5, 5.41) is 10.7. The number of rotatable bonds is 5. The molecule has 0 saturated heterocycles. The van der Waals surface area contributed by atoms with Gasteiger partial charge in [-0.1, -0.05) is 30.3 Å². The molecular formula is C22H15N5O2S. The lowest BCUT2D eigenvalue weighted by Gasteiger charge is -2.10. The maximum atomic E-state index is 12.2. The monoisotopic (exact) mass is 413 g/mol. The lowest BCUT2D eigenvalue weighted by Crippen LogP contribution is -2.10. The van der Waals surface area contributed by atoms with Crippen LogP contribution in [0.15, 0.2) is 83.8 Å². The van der Waals surface area contributed by atoms with E-state index < -0.39 is 0 Å². The largest absolute Gasteiger partial charge is 0.439 e. The predicted octanol–water partition coefficient (Wildman–Crippen LogP) is 4.90. The molecule has 1 amide bonds. The third-order valence-electron chi connectivity index (χ3n) is 4.41. The van der Waals surface area contributed by atoms with Gasteiger partial charge in [0.15, 0.2) is 0 Å². The van der Waals surface area contributed by atoms with Gasteiger partial charge in [-0.25, -0.2) is 4.98 Å². The standard InChI is InChI=1S/C22H15N5O2S/c28-21(16-10-11-30-13-16)25-17-6-8-18(9-7-17)29-20-12-19(15-4-2-1-3-5-15)26-22-23-14-24-27(20)22/h1-14H,(H,25,28). The second-order valence-corrected chi connectivity index (χ2v) is 7.19. The quantitative estimate of drug-likeness (QED) is 0.443. The first-order valence-corrected chi connectivity index (χ1v) is 10.1. The first-order valence-electron chi connectivity index (χ1n) is 9.14. The van der Waals surface area contributed by atoms with E-state index in [1.165, 1.54) is 17.7 Å². The molecule has 0 fully saturated rings. The number of amides is 1. The van der Waals surface area contributed by atoms with E-state index in [9.17, 15) is 4.79 Å². The number of aromatic nitrogens is 4. The summed E-state index contributed by atoms with van der Waals surface area (Å²) in [5.74, 6) is 1.40. The fourth-order valence-corrected chi connectivity index (χ4v) is 3.57. The second kappa shape index (κ2) is 7.76. The van der Waals surface area contributed by atoms with Crippen LogP contribution in [0.5, 0.6) is 11.6 Å². The van der Waals surface area contributed by atoms with Crippen molar-refractivity contribution in [2.24, 2.45) is 0 Å². The number of ether oxygens (including phenoxy) is 1. The van der Waals surface area contributed by atoms with E-state index in [1.54, 1.807) is 34.8 Å². The summed E-state index contributed by atoms with van der Waals surface area (Å²) >= 11 is 1.48. The molecule has 3 aromatic heterocycles. The smallest absolute Gasteiger partial charge is 0.256 e. The number of hydrogen-bond donors (Lipinski definition) is 1. The summed E-state index contributed by atoms with van der Waals surface area (Å²) in [5.41, 5.74) is 3.02. The molecule has 2 aromatic carbocycles. The van der Waals surface area contributed by atoms with Crippen LogP contribution in [-0.4, -0.2) is 25.5 Å². The maximum Gasteiger partial charge on any atom is 0.256 e. The van der Waals surface area contributed by atoms with Gasteiger partial charge in [-0.2, -0.15) is 25.9 Å². The number of fused-ring (bicyclic) bond motifs is 1. The van der Waals surface area contributed by atoms with E-state index in [0.717, 1.165) is 11.3 Å². The molecule has 0 bridgehead atoms. The minimum Gasteiger partial charge on any atom is -0.439 e. The molecule has 0 atom stereocenters.